The summed E-state index contributed by atoms with van der Waals surface area (Å²) in [5.41, 5.74) is -0.367. The van der Waals surface area contributed by atoms with Crippen LogP contribution >= 0.6 is 0 Å². The summed E-state index contributed by atoms with van der Waals surface area (Å²) in [5.74, 6) is -0.813. The molecule has 0 saturated carbocycles. The smallest absolute Gasteiger partial charge is 0.207 e. The molecular formula is C11H14F4. The minimum absolute atomic E-state index is 0.257. The highest BCUT2D eigenvalue weighted by atomic mass is 19.4. The number of hydrogen-bond acceptors (Lipinski definition) is 0. The fourth-order valence-corrected chi connectivity index (χ4v) is 0.980. The van der Waals surface area contributed by atoms with Crippen LogP contribution in [0.15, 0.2) is 12.1 Å². The summed E-state index contributed by atoms with van der Waals surface area (Å²) < 4.78 is 49.2. The fourth-order valence-electron chi connectivity index (χ4n) is 0.980. The summed E-state index contributed by atoms with van der Waals surface area (Å²) in [6.07, 6.45) is -4.47. The van der Waals surface area contributed by atoms with Crippen LogP contribution in [0.3, 0.4) is 0 Å². The molecule has 1 rings (SSSR count). The van der Waals surface area contributed by atoms with Crippen LogP contribution in [-0.4, -0.2) is 0 Å². The molecule has 0 aliphatic rings. The van der Waals surface area contributed by atoms with Gasteiger partial charge in [0.2, 0.25) is 0 Å². The van der Waals surface area contributed by atoms with E-state index in [1.807, 2.05) is 13.8 Å². The zero-order valence-electron chi connectivity index (χ0n) is 9.17. The SMILES string of the molecule is CC.Cc1cc(C(F)(F)F)cc(F)c1C. The molecular weight excluding hydrogens is 208 g/mol. The highest BCUT2D eigenvalue weighted by Gasteiger charge is 2.31. The summed E-state index contributed by atoms with van der Waals surface area (Å²) in [4.78, 5) is 0. The van der Waals surface area contributed by atoms with Gasteiger partial charge in [0.1, 0.15) is 5.82 Å². The third-order valence-electron chi connectivity index (χ3n) is 1.93. The van der Waals surface area contributed by atoms with E-state index in [0.29, 0.717) is 11.6 Å². The first-order valence-corrected chi connectivity index (χ1v) is 4.66. The molecule has 0 atom stereocenters. The van der Waals surface area contributed by atoms with E-state index in [1.54, 1.807) is 0 Å². The number of rotatable bonds is 0. The molecule has 0 aliphatic carbocycles. The normalized spacial score (nSPS) is 10.7. The van der Waals surface area contributed by atoms with Gasteiger partial charge in [-0.25, -0.2) is 4.39 Å². The van der Waals surface area contributed by atoms with E-state index in [1.165, 1.54) is 13.8 Å². The molecule has 0 saturated heterocycles. The van der Waals surface area contributed by atoms with E-state index < -0.39 is 17.6 Å². The zero-order chi connectivity index (χ0) is 12.2. The average Bonchev–Trinajstić information content (AvgIpc) is 2.15. The Morgan fingerprint density at radius 3 is 1.80 bits per heavy atom. The van der Waals surface area contributed by atoms with Gasteiger partial charge in [0.15, 0.2) is 0 Å². The third kappa shape index (κ3) is 3.53. The van der Waals surface area contributed by atoms with Crippen LogP contribution < -0.4 is 0 Å². The van der Waals surface area contributed by atoms with Crippen LogP contribution in [0.25, 0.3) is 0 Å². The Kier molecular flexibility index (Phi) is 4.78. The van der Waals surface area contributed by atoms with Gasteiger partial charge >= 0.3 is 6.18 Å². The third-order valence-corrected chi connectivity index (χ3v) is 1.93. The molecule has 0 amide bonds. The van der Waals surface area contributed by atoms with E-state index in [-0.39, 0.29) is 5.56 Å². The standard InChI is InChI=1S/C9H8F4.C2H6/c1-5-3-7(9(11,12)13)4-8(10)6(5)2;1-2/h3-4H,1-2H3;1-2H3. The minimum Gasteiger partial charge on any atom is -0.207 e. The molecule has 0 spiro atoms. The van der Waals surface area contributed by atoms with Crippen LogP contribution in [0.4, 0.5) is 17.6 Å². The van der Waals surface area contributed by atoms with Crippen LogP contribution in [0.1, 0.15) is 30.5 Å². The summed E-state index contributed by atoms with van der Waals surface area (Å²) in [5, 5.41) is 0. The quantitative estimate of drug-likeness (QED) is 0.567. The first-order chi connectivity index (χ1) is 6.82. The second-order valence-electron chi connectivity index (χ2n) is 2.90. The van der Waals surface area contributed by atoms with Crippen molar-refractivity contribution in [3.63, 3.8) is 0 Å². The van der Waals surface area contributed by atoms with Crippen molar-refractivity contribution in [3.05, 3.63) is 34.6 Å². The second kappa shape index (κ2) is 5.14. The lowest BCUT2D eigenvalue weighted by molar-refractivity contribution is -0.137. The van der Waals surface area contributed by atoms with Crippen molar-refractivity contribution in [1.29, 1.82) is 0 Å². The molecule has 0 N–H and O–H groups in total. The summed E-state index contributed by atoms with van der Waals surface area (Å²) >= 11 is 0. The lowest BCUT2D eigenvalue weighted by Crippen LogP contribution is -2.06. The molecule has 15 heavy (non-hydrogen) atoms. The Hall–Kier alpha value is -1.06. The van der Waals surface area contributed by atoms with Crippen molar-refractivity contribution in [2.75, 3.05) is 0 Å². The monoisotopic (exact) mass is 222 g/mol. The predicted molar refractivity (Wildman–Crippen MR) is 52.2 cm³/mol. The minimum atomic E-state index is -4.47. The fraction of sp³-hybridized carbons (Fsp3) is 0.455. The van der Waals surface area contributed by atoms with E-state index in [4.69, 9.17) is 0 Å². The van der Waals surface area contributed by atoms with Gasteiger partial charge in [0, 0.05) is 0 Å². The maximum absolute atomic E-state index is 12.9. The molecule has 0 nitrogen and oxygen atoms in total. The Bertz CT molecular complexity index is 303. The van der Waals surface area contributed by atoms with Crippen LogP contribution in [0.5, 0.6) is 0 Å². The average molecular weight is 222 g/mol. The molecule has 1 aromatic rings. The molecule has 0 bridgehead atoms. The van der Waals surface area contributed by atoms with Crippen LogP contribution in [0, 0.1) is 19.7 Å². The Morgan fingerprint density at radius 1 is 1.00 bits per heavy atom. The van der Waals surface area contributed by atoms with E-state index in [0.717, 1.165) is 6.07 Å². The highest BCUT2D eigenvalue weighted by Crippen LogP contribution is 2.31. The molecule has 0 fully saturated rings. The van der Waals surface area contributed by atoms with E-state index >= 15 is 0 Å². The van der Waals surface area contributed by atoms with Crippen molar-refractivity contribution < 1.29 is 17.6 Å². The molecule has 4 heteroatoms. The summed E-state index contributed by atoms with van der Waals surface area (Å²) in [6.45, 7) is 6.90. The molecule has 1 aromatic carbocycles. The number of hydrogen-bond donors (Lipinski definition) is 0. The number of halogens is 4. The van der Waals surface area contributed by atoms with Crippen molar-refractivity contribution >= 4 is 0 Å². The number of aryl methyl sites for hydroxylation is 1. The van der Waals surface area contributed by atoms with Gasteiger partial charge < -0.3 is 0 Å². The summed E-state index contributed by atoms with van der Waals surface area (Å²) in [7, 11) is 0. The van der Waals surface area contributed by atoms with Gasteiger partial charge in [-0.05, 0) is 37.1 Å². The van der Waals surface area contributed by atoms with Gasteiger partial charge in [0.05, 0.1) is 5.56 Å². The first-order valence-electron chi connectivity index (χ1n) is 4.66. The maximum Gasteiger partial charge on any atom is 0.416 e. The zero-order valence-corrected chi connectivity index (χ0v) is 9.17. The molecule has 0 unspecified atom stereocenters. The van der Waals surface area contributed by atoms with Crippen molar-refractivity contribution in [2.24, 2.45) is 0 Å². The van der Waals surface area contributed by atoms with Crippen LogP contribution in [0.2, 0.25) is 0 Å². The number of benzene rings is 1. The van der Waals surface area contributed by atoms with Crippen LogP contribution in [-0.2, 0) is 6.18 Å². The maximum atomic E-state index is 12.9. The predicted octanol–water partition coefficient (Wildman–Crippen LogP) is 4.49. The molecule has 0 radical (unpaired) electrons. The van der Waals surface area contributed by atoms with Gasteiger partial charge in [0.25, 0.3) is 0 Å². The van der Waals surface area contributed by atoms with Crippen molar-refractivity contribution in [1.82, 2.24) is 0 Å². The topological polar surface area (TPSA) is 0 Å². The molecule has 0 aromatic heterocycles. The second-order valence-corrected chi connectivity index (χ2v) is 2.90. The lowest BCUT2D eigenvalue weighted by atomic mass is 10.1. The molecule has 0 aliphatic heterocycles. The van der Waals surface area contributed by atoms with E-state index in [2.05, 4.69) is 0 Å². The molecule has 0 heterocycles. The van der Waals surface area contributed by atoms with E-state index in [9.17, 15) is 17.6 Å². The largest absolute Gasteiger partial charge is 0.416 e. The molecule has 86 valence electrons. The summed E-state index contributed by atoms with van der Waals surface area (Å²) in [6, 6.07) is 1.46. The Labute approximate surface area is 86.9 Å². The lowest BCUT2D eigenvalue weighted by Gasteiger charge is -2.09. The number of alkyl halides is 3. The highest BCUT2D eigenvalue weighted by molar-refractivity contribution is 5.32. The van der Waals surface area contributed by atoms with Gasteiger partial charge in [-0.15, -0.1) is 0 Å². The van der Waals surface area contributed by atoms with Crippen molar-refractivity contribution in [3.8, 4) is 0 Å². The Balaban J connectivity index is 0.000000921. The van der Waals surface area contributed by atoms with Crippen molar-refractivity contribution in [2.45, 2.75) is 33.9 Å². The first kappa shape index (κ1) is 13.9. The van der Waals surface area contributed by atoms with Gasteiger partial charge in [-0.1, -0.05) is 13.8 Å². The Morgan fingerprint density at radius 2 is 1.47 bits per heavy atom. The van der Waals surface area contributed by atoms with Gasteiger partial charge in [-0.2, -0.15) is 13.2 Å². The van der Waals surface area contributed by atoms with Gasteiger partial charge in [-0.3, -0.25) is 0 Å².